The summed E-state index contributed by atoms with van der Waals surface area (Å²) >= 11 is 6.44. The molecule has 1 aliphatic heterocycles. The van der Waals surface area contributed by atoms with Gasteiger partial charge in [-0.1, -0.05) is 48.2 Å². The first-order valence-corrected chi connectivity index (χ1v) is 9.73. The van der Waals surface area contributed by atoms with Crippen LogP contribution in [0.15, 0.2) is 45.1 Å². The van der Waals surface area contributed by atoms with Crippen molar-refractivity contribution < 1.29 is 4.79 Å². The maximum Gasteiger partial charge on any atom is 0.332 e. The average Bonchev–Trinajstić information content (AvgIpc) is 3.22. The van der Waals surface area contributed by atoms with Crippen LogP contribution in [0.4, 0.5) is 0 Å². The van der Waals surface area contributed by atoms with Crippen LogP contribution >= 0.6 is 24.0 Å². The van der Waals surface area contributed by atoms with Gasteiger partial charge in [0.05, 0.1) is 21.8 Å². The number of rotatable bonds is 3. The number of benzene rings is 1. The van der Waals surface area contributed by atoms with Crippen molar-refractivity contribution in [2.24, 2.45) is 14.1 Å². The van der Waals surface area contributed by atoms with E-state index >= 15 is 0 Å². The Morgan fingerprint density at radius 1 is 1.14 bits per heavy atom. The van der Waals surface area contributed by atoms with Crippen LogP contribution in [0, 0.1) is 0 Å². The number of imidazole rings is 1. The van der Waals surface area contributed by atoms with Crippen LogP contribution in [0.25, 0.3) is 17.2 Å². The number of allylic oxidation sites excluding steroid dienone is 1. The molecule has 0 atom stereocenters. The van der Waals surface area contributed by atoms with Crippen molar-refractivity contribution in [1.82, 2.24) is 18.7 Å². The summed E-state index contributed by atoms with van der Waals surface area (Å²) in [5, 5.41) is 0. The standard InChI is InChI=1S/C19H16N4O3S2/c1-21-17-16(18(25)22(2)19(21)26)23(10-20-17)9-12-5-3-11(4-6-12)7-14-13(24)8-15(27)28-14/h3-7,10H,8-9H2,1-2H3/b14-7-. The minimum absolute atomic E-state index is 0.0606. The molecule has 0 aliphatic carbocycles. The SMILES string of the molecule is Cn1c(=O)c2c(ncn2Cc2ccc(/C=C3\SC(=S)CC3=O)cc2)n(C)c1=O. The quantitative estimate of drug-likeness (QED) is 0.483. The zero-order valence-electron chi connectivity index (χ0n) is 15.2. The third-order valence-electron chi connectivity index (χ3n) is 4.65. The third kappa shape index (κ3) is 3.16. The number of Topliss-reactive ketones (excluding diaryl/α,β-unsaturated/α-hetero) is 1. The molecule has 3 heterocycles. The number of aryl methyl sites for hydroxylation is 1. The highest BCUT2D eigenvalue weighted by Crippen LogP contribution is 2.31. The number of aromatic nitrogens is 4. The van der Waals surface area contributed by atoms with Gasteiger partial charge in [-0.25, -0.2) is 9.78 Å². The number of nitrogens with zero attached hydrogens (tertiary/aromatic N) is 4. The first-order valence-electron chi connectivity index (χ1n) is 8.50. The van der Waals surface area contributed by atoms with E-state index in [-0.39, 0.29) is 11.3 Å². The van der Waals surface area contributed by atoms with Crippen LogP contribution in [0.2, 0.25) is 0 Å². The highest BCUT2D eigenvalue weighted by atomic mass is 32.2. The first kappa shape index (κ1) is 18.6. The Bertz CT molecular complexity index is 1280. The van der Waals surface area contributed by atoms with Crippen molar-refractivity contribution in [2.45, 2.75) is 13.0 Å². The molecule has 0 radical (unpaired) electrons. The van der Waals surface area contributed by atoms with Gasteiger partial charge in [0.25, 0.3) is 5.56 Å². The molecule has 0 bridgehead atoms. The molecule has 0 N–H and O–H groups in total. The zero-order chi connectivity index (χ0) is 20.0. The molecule has 1 fully saturated rings. The van der Waals surface area contributed by atoms with Crippen molar-refractivity contribution in [1.29, 1.82) is 0 Å². The van der Waals surface area contributed by atoms with E-state index in [4.69, 9.17) is 12.2 Å². The number of carbonyl (C=O) groups excluding carboxylic acids is 1. The summed E-state index contributed by atoms with van der Waals surface area (Å²) in [6.07, 6.45) is 3.74. The monoisotopic (exact) mass is 412 g/mol. The fourth-order valence-electron chi connectivity index (χ4n) is 3.13. The molecular weight excluding hydrogens is 396 g/mol. The molecule has 1 aliphatic rings. The van der Waals surface area contributed by atoms with Gasteiger partial charge in [-0.2, -0.15) is 0 Å². The summed E-state index contributed by atoms with van der Waals surface area (Å²) in [4.78, 5) is 41.3. The molecule has 142 valence electrons. The fourth-order valence-corrected chi connectivity index (χ4v) is 4.36. The van der Waals surface area contributed by atoms with Gasteiger partial charge in [0.15, 0.2) is 16.9 Å². The van der Waals surface area contributed by atoms with Gasteiger partial charge in [0.1, 0.15) is 0 Å². The molecule has 1 saturated heterocycles. The van der Waals surface area contributed by atoms with Crippen LogP contribution in [0.5, 0.6) is 0 Å². The van der Waals surface area contributed by atoms with E-state index in [1.165, 1.54) is 23.4 Å². The maximum atomic E-state index is 12.5. The van der Waals surface area contributed by atoms with E-state index < -0.39 is 5.69 Å². The minimum atomic E-state index is -0.404. The first-order chi connectivity index (χ1) is 13.3. The van der Waals surface area contributed by atoms with Crippen molar-refractivity contribution in [3.05, 3.63) is 67.5 Å². The highest BCUT2D eigenvalue weighted by Gasteiger charge is 2.22. The number of carbonyl (C=O) groups is 1. The van der Waals surface area contributed by atoms with E-state index in [1.54, 1.807) is 17.9 Å². The number of hydrogen-bond acceptors (Lipinski definition) is 6. The molecule has 0 spiro atoms. The summed E-state index contributed by atoms with van der Waals surface area (Å²) in [7, 11) is 3.05. The van der Waals surface area contributed by atoms with Crippen LogP contribution in [0.3, 0.4) is 0 Å². The molecular formula is C19H16N4O3S2. The summed E-state index contributed by atoms with van der Waals surface area (Å²) < 4.78 is 4.88. The highest BCUT2D eigenvalue weighted by molar-refractivity contribution is 8.27. The van der Waals surface area contributed by atoms with Crippen molar-refractivity contribution in [3.8, 4) is 0 Å². The smallest absolute Gasteiger partial charge is 0.320 e. The predicted molar refractivity (Wildman–Crippen MR) is 114 cm³/mol. The van der Waals surface area contributed by atoms with Gasteiger partial charge < -0.3 is 4.57 Å². The van der Waals surface area contributed by atoms with Crippen molar-refractivity contribution in [3.63, 3.8) is 0 Å². The van der Waals surface area contributed by atoms with E-state index in [9.17, 15) is 14.4 Å². The Labute approximate surface area is 169 Å². The van der Waals surface area contributed by atoms with Crippen molar-refractivity contribution >= 4 is 51.2 Å². The molecule has 2 aromatic heterocycles. The lowest BCUT2D eigenvalue weighted by atomic mass is 10.1. The summed E-state index contributed by atoms with van der Waals surface area (Å²) in [6.45, 7) is 0.443. The normalized spacial score (nSPS) is 15.9. The second kappa shape index (κ2) is 6.99. The number of thioether (sulfide) groups is 1. The molecule has 1 aromatic carbocycles. The summed E-state index contributed by atoms with van der Waals surface area (Å²) in [5.74, 6) is 0.0606. The molecule has 28 heavy (non-hydrogen) atoms. The molecule has 9 heteroatoms. The lowest BCUT2D eigenvalue weighted by molar-refractivity contribution is -0.113. The third-order valence-corrected chi connectivity index (χ3v) is 5.98. The lowest BCUT2D eigenvalue weighted by Crippen LogP contribution is -2.37. The van der Waals surface area contributed by atoms with Gasteiger partial charge >= 0.3 is 5.69 Å². The fraction of sp³-hybridized carbons (Fsp3) is 0.211. The van der Waals surface area contributed by atoms with Gasteiger partial charge in [-0.3, -0.25) is 18.7 Å². The Hall–Kier alpha value is -2.78. The second-order valence-corrected chi connectivity index (χ2v) is 8.46. The molecule has 4 rings (SSSR count). The van der Waals surface area contributed by atoms with E-state index in [0.717, 1.165) is 15.7 Å². The molecule has 7 nitrogen and oxygen atoms in total. The lowest BCUT2D eigenvalue weighted by Gasteiger charge is -2.07. The van der Waals surface area contributed by atoms with E-state index in [2.05, 4.69) is 4.98 Å². The molecule has 0 amide bonds. The van der Waals surface area contributed by atoms with Gasteiger partial charge in [0.2, 0.25) is 0 Å². The number of hydrogen-bond donors (Lipinski definition) is 0. The number of thiocarbonyl (C=S) groups is 1. The topological polar surface area (TPSA) is 78.9 Å². The Morgan fingerprint density at radius 3 is 2.50 bits per heavy atom. The Morgan fingerprint density at radius 2 is 1.86 bits per heavy atom. The van der Waals surface area contributed by atoms with Crippen LogP contribution in [0.1, 0.15) is 17.5 Å². The van der Waals surface area contributed by atoms with Gasteiger partial charge in [-0.05, 0) is 17.2 Å². The Balaban J connectivity index is 1.65. The Kier molecular flexibility index (Phi) is 4.64. The number of ketones is 1. The summed E-state index contributed by atoms with van der Waals surface area (Å²) in [6, 6.07) is 7.72. The molecule has 3 aromatic rings. The van der Waals surface area contributed by atoms with E-state index in [0.29, 0.717) is 33.2 Å². The predicted octanol–water partition coefficient (Wildman–Crippen LogP) is 1.86. The average molecular weight is 412 g/mol. The zero-order valence-corrected chi connectivity index (χ0v) is 16.8. The maximum absolute atomic E-state index is 12.5. The van der Waals surface area contributed by atoms with Gasteiger partial charge in [0, 0.05) is 20.6 Å². The van der Waals surface area contributed by atoms with Gasteiger partial charge in [-0.15, -0.1) is 0 Å². The van der Waals surface area contributed by atoms with Crippen molar-refractivity contribution in [2.75, 3.05) is 0 Å². The van der Waals surface area contributed by atoms with Crippen LogP contribution in [-0.4, -0.2) is 28.7 Å². The minimum Gasteiger partial charge on any atom is -0.320 e. The largest absolute Gasteiger partial charge is 0.332 e. The van der Waals surface area contributed by atoms with Crippen LogP contribution < -0.4 is 11.2 Å². The van der Waals surface area contributed by atoms with Crippen LogP contribution in [-0.2, 0) is 25.4 Å². The molecule has 0 saturated carbocycles. The summed E-state index contributed by atoms with van der Waals surface area (Å²) in [5.41, 5.74) is 1.86. The number of fused-ring (bicyclic) bond motifs is 1. The second-order valence-electron chi connectivity index (χ2n) is 6.57. The van der Waals surface area contributed by atoms with E-state index in [1.807, 2.05) is 30.3 Å². The molecule has 0 unspecified atom stereocenters.